The molecule has 2 aromatic heterocycles. The van der Waals surface area contributed by atoms with Gasteiger partial charge in [-0.05, 0) is 55.1 Å². The van der Waals surface area contributed by atoms with Crippen LogP contribution in [-0.2, 0) is 33.2 Å². The van der Waals surface area contributed by atoms with Crippen LogP contribution < -0.4 is 4.98 Å². The molecule has 3 heteroatoms. The molecule has 0 aliphatic rings. The van der Waals surface area contributed by atoms with E-state index in [4.69, 9.17) is 9.97 Å². The van der Waals surface area contributed by atoms with E-state index >= 15 is 0 Å². The first-order valence-corrected chi connectivity index (χ1v) is 17.1. The van der Waals surface area contributed by atoms with Gasteiger partial charge in [0.2, 0.25) is 0 Å². The van der Waals surface area contributed by atoms with Gasteiger partial charge < -0.3 is 4.98 Å². The summed E-state index contributed by atoms with van der Waals surface area (Å²) in [6.45, 7) is 13.5. The number of rotatable bonds is 4. The summed E-state index contributed by atoms with van der Waals surface area (Å²) in [6.07, 6.45) is 0. The Labute approximate surface area is 311 Å². The van der Waals surface area contributed by atoms with Crippen LogP contribution >= 0.6 is 0 Å². The van der Waals surface area contributed by atoms with Gasteiger partial charge in [0.05, 0.1) is 5.69 Å². The number of hydrogen-bond donors (Lipinski definition) is 0. The first-order chi connectivity index (χ1) is 23.5. The van der Waals surface area contributed by atoms with Crippen molar-refractivity contribution in [3.8, 4) is 44.8 Å². The van der Waals surface area contributed by atoms with E-state index in [0.717, 1.165) is 77.3 Å². The fourth-order valence-corrected chi connectivity index (χ4v) is 6.78. The predicted octanol–water partition coefficient (Wildman–Crippen LogP) is 12.4. The Morgan fingerprint density at radius 1 is 0.560 bits per heavy atom. The van der Waals surface area contributed by atoms with Gasteiger partial charge in [-0.25, -0.2) is 5.56 Å². The van der Waals surface area contributed by atoms with E-state index in [9.17, 15) is 0 Å². The zero-order valence-electron chi connectivity index (χ0n) is 29.3. The molecule has 248 valence electrons. The van der Waals surface area contributed by atoms with E-state index in [0.29, 0.717) is 0 Å². The Balaban J connectivity index is 0.00000392. The maximum Gasteiger partial charge on any atom is 3.00 e. The van der Waals surface area contributed by atoms with Crippen LogP contribution in [0.15, 0.2) is 127 Å². The van der Waals surface area contributed by atoms with Gasteiger partial charge >= 0.3 is 22.4 Å². The Kier molecular flexibility index (Phi) is 8.68. The van der Waals surface area contributed by atoms with Crippen molar-refractivity contribution in [1.29, 1.82) is 0 Å². The molecular formula is C47H39AuN2. The third-order valence-electron chi connectivity index (χ3n) is 9.66. The molecule has 0 saturated heterocycles. The second-order valence-corrected chi connectivity index (χ2v) is 15.2. The monoisotopic (exact) mass is 828 g/mol. The molecule has 0 aliphatic heterocycles. The van der Waals surface area contributed by atoms with Crippen molar-refractivity contribution >= 4 is 32.6 Å². The van der Waals surface area contributed by atoms with E-state index in [-0.39, 0.29) is 33.2 Å². The van der Waals surface area contributed by atoms with E-state index in [1.54, 1.807) is 0 Å². The molecule has 0 radical (unpaired) electrons. The summed E-state index contributed by atoms with van der Waals surface area (Å²) in [7, 11) is 0. The van der Waals surface area contributed by atoms with Crippen molar-refractivity contribution in [2.45, 2.75) is 52.4 Å². The number of hydrogen-bond acceptors (Lipinski definition) is 1. The second-order valence-electron chi connectivity index (χ2n) is 15.2. The summed E-state index contributed by atoms with van der Waals surface area (Å²) in [6, 6.07) is 52.9. The average molecular weight is 829 g/mol. The number of nitrogens with zero attached hydrogens (tertiary/aromatic N) is 2. The number of fused-ring (bicyclic) bond motifs is 4. The van der Waals surface area contributed by atoms with Gasteiger partial charge in [0, 0.05) is 5.69 Å². The minimum absolute atomic E-state index is 0. The summed E-state index contributed by atoms with van der Waals surface area (Å²) >= 11 is 0. The van der Waals surface area contributed by atoms with Crippen LogP contribution in [0.1, 0.15) is 52.7 Å². The number of aromatic nitrogens is 2. The van der Waals surface area contributed by atoms with E-state index in [2.05, 4.69) is 175 Å². The van der Waals surface area contributed by atoms with Crippen LogP contribution in [0.5, 0.6) is 0 Å². The topological polar surface area (TPSA) is 27.0 Å². The molecule has 0 atom stereocenters. The Morgan fingerprint density at radius 3 is 1.94 bits per heavy atom. The molecule has 0 aliphatic carbocycles. The van der Waals surface area contributed by atoms with Gasteiger partial charge in [-0.1, -0.05) is 138 Å². The molecule has 50 heavy (non-hydrogen) atoms. The van der Waals surface area contributed by atoms with E-state index in [1.165, 1.54) is 11.1 Å². The van der Waals surface area contributed by atoms with Crippen LogP contribution in [0.4, 0.5) is 0 Å². The van der Waals surface area contributed by atoms with Gasteiger partial charge in [0.15, 0.2) is 0 Å². The number of pyridine rings is 1. The Hall–Kier alpha value is -4.73. The number of para-hydroxylation sites is 2. The van der Waals surface area contributed by atoms with Crippen LogP contribution in [0, 0.1) is 12.1 Å². The molecule has 2 heterocycles. The molecule has 0 N–H and O–H groups in total. The Morgan fingerprint density at radius 2 is 1.22 bits per heavy atom. The van der Waals surface area contributed by atoms with Gasteiger partial charge in [0.25, 0.3) is 0 Å². The molecule has 0 spiro atoms. The molecule has 0 amide bonds. The normalized spacial score (nSPS) is 12.0. The summed E-state index contributed by atoms with van der Waals surface area (Å²) in [5, 5.41) is 4.53. The predicted molar refractivity (Wildman–Crippen MR) is 207 cm³/mol. The van der Waals surface area contributed by atoms with Gasteiger partial charge in [-0.15, -0.1) is 34.3 Å². The molecule has 8 aromatic rings. The first-order valence-electron chi connectivity index (χ1n) is 17.1. The SMILES string of the molecule is CC(C)(C)c1c[c-]c(-c2[c-]c(-c3nc(-c4cccc5c4[n-]c4ccccc45)cc4ccccc34)cc(-c3ccc(C(C)(C)C)cc3)c2)cc1.[Au+3]. The fraction of sp³-hybridized carbons (Fsp3) is 0.170. The summed E-state index contributed by atoms with van der Waals surface area (Å²) in [5.74, 6) is 0. The summed E-state index contributed by atoms with van der Waals surface area (Å²) in [5.41, 5.74) is 12.8. The Bertz CT molecular complexity index is 2410. The minimum atomic E-state index is 0. The van der Waals surface area contributed by atoms with E-state index < -0.39 is 0 Å². The fourth-order valence-electron chi connectivity index (χ4n) is 6.78. The van der Waals surface area contributed by atoms with Crippen molar-refractivity contribution in [3.05, 3.63) is 151 Å². The van der Waals surface area contributed by atoms with Crippen LogP contribution in [0.2, 0.25) is 0 Å². The molecule has 0 saturated carbocycles. The van der Waals surface area contributed by atoms with Crippen molar-refractivity contribution in [3.63, 3.8) is 0 Å². The van der Waals surface area contributed by atoms with Crippen molar-refractivity contribution in [2.75, 3.05) is 0 Å². The average Bonchev–Trinajstić information content (AvgIpc) is 3.49. The first kappa shape index (κ1) is 33.8. The van der Waals surface area contributed by atoms with E-state index in [1.807, 2.05) is 6.07 Å². The third-order valence-corrected chi connectivity index (χ3v) is 9.66. The second kappa shape index (κ2) is 12.9. The molecule has 0 unspecified atom stereocenters. The smallest absolute Gasteiger partial charge is 0.656 e. The number of benzene rings is 6. The molecule has 0 fully saturated rings. The van der Waals surface area contributed by atoms with Crippen molar-refractivity contribution in [2.24, 2.45) is 0 Å². The quantitative estimate of drug-likeness (QED) is 0.131. The molecule has 6 aromatic carbocycles. The maximum atomic E-state index is 5.44. The van der Waals surface area contributed by atoms with Crippen molar-refractivity contribution < 1.29 is 22.4 Å². The van der Waals surface area contributed by atoms with Crippen molar-refractivity contribution in [1.82, 2.24) is 9.97 Å². The molecular weight excluding hydrogens is 789 g/mol. The largest absolute Gasteiger partial charge is 3.00 e. The van der Waals surface area contributed by atoms with Gasteiger partial charge in [-0.3, -0.25) is 4.98 Å². The molecule has 2 nitrogen and oxygen atoms in total. The zero-order valence-corrected chi connectivity index (χ0v) is 31.5. The van der Waals surface area contributed by atoms with Crippen LogP contribution in [0.25, 0.3) is 77.3 Å². The maximum absolute atomic E-state index is 5.44. The van der Waals surface area contributed by atoms with Crippen LogP contribution in [-0.4, -0.2) is 4.98 Å². The minimum Gasteiger partial charge on any atom is -0.656 e. The standard InChI is InChI=1S/C47H39N2.Au/c1-46(2,3)36-22-18-30(19-23-36)33-26-34(31-20-24-37(25-21-31)47(4,5)6)28-35(27-33)44-38-13-8-7-12-32(38)29-43(49-44)41-16-11-15-40-39-14-9-10-17-42(39)48-45(40)41;/h7-20,22-27,29H,1-6H3;/q-3;+3. The zero-order chi connectivity index (χ0) is 33.9. The molecule has 0 bridgehead atoms. The van der Waals surface area contributed by atoms with Gasteiger partial charge in [0.1, 0.15) is 0 Å². The summed E-state index contributed by atoms with van der Waals surface area (Å²) < 4.78 is 0. The van der Waals surface area contributed by atoms with Crippen LogP contribution in [0.3, 0.4) is 0 Å². The third kappa shape index (κ3) is 6.24. The molecule has 8 rings (SSSR count). The summed E-state index contributed by atoms with van der Waals surface area (Å²) in [4.78, 5) is 10.5. The van der Waals surface area contributed by atoms with Gasteiger partial charge in [-0.2, -0.15) is 35.9 Å².